The number of thiocarbonyl (C=S) groups is 1. The van der Waals surface area contributed by atoms with E-state index < -0.39 is 0 Å². The summed E-state index contributed by atoms with van der Waals surface area (Å²) in [6.07, 6.45) is 3.04. The van der Waals surface area contributed by atoms with Gasteiger partial charge in [0.25, 0.3) is 0 Å². The first-order chi connectivity index (χ1) is 8.16. The maximum atomic E-state index is 11.4. The van der Waals surface area contributed by atoms with Crippen molar-refractivity contribution in [2.75, 3.05) is 32.7 Å². The number of nitrogens with zero attached hydrogens (tertiary/aromatic N) is 2. The molecule has 2 fully saturated rings. The minimum atomic E-state index is 0.100. The number of rotatable bonds is 5. The molecular formula is C11H20N4OS. The van der Waals surface area contributed by atoms with Gasteiger partial charge in [-0.3, -0.25) is 4.90 Å². The molecular weight excluding hydrogens is 236 g/mol. The molecule has 0 aromatic carbocycles. The van der Waals surface area contributed by atoms with E-state index in [1.165, 1.54) is 0 Å². The van der Waals surface area contributed by atoms with Gasteiger partial charge in [0.2, 0.25) is 0 Å². The maximum absolute atomic E-state index is 11.4. The van der Waals surface area contributed by atoms with Crippen LogP contribution in [-0.4, -0.2) is 59.6 Å². The van der Waals surface area contributed by atoms with E-state index in [0.29, 0.717) is 11.0 Å². The lowest BCUT2D eigenvalue weighted by Crippen LogP contribution is -2.52. The normalized spacial score (nSPS) is 24.6. The summed E-state index contributed by atoms with van der Waals surface area (Å²) in [5.41, 5.74) is 5.46. The molecule has 0 aromatic rings. The van der Waals surface area contributed by atoms with Crippen LogP contribution in [0.4, 0.5) is 4.79 Å². The Morgan fingerprint density at radius 3 is 3.06 bits per heavy atom. The van der Waals surface area contributed by atoms with E-state index in [9.17, 15) is 4.79 Å². The largest absolute Gasteiger partial charge is 0.393 e. The van der Waals surface area contributed by atoms with Crippen LogP contribution in [0.3, 0.4) is 0 Å². The van der Waals surface area contributed by atoms with Gasteiger partial charge in [-0.1, -0.05) is 12.2 Å². The Bertz CT molecular complexity index is 310. The van der Waals surface area contributed by atoms with Crippen molar-refractivity contribution >= 4 is 23.2 Å². The Balaban J connectivity index is 1.67. The van der Waals surface area contributed by atoms with E-state index >= 15 is 0 Å². The zero-order chi connectivity index (χ0) is 12.3. The monoisotopic (exact) mass is 256 g/mol. The number of nitrogens with two attached hydrogens (primary N) is 1. The number of hydrogen-bond donors (Lipinski definition) is 2. The fourth-order valence-corrected chi connectivity index (χ4v) is 2.65. The van der Waals surface area contributed by atoms with E-state index in [4.69, 9.17) is 18.0 Å². The Morgan fingerprint density at radius 2 is 2.29 bits per heavy atom. The second kappa shape index (κ2) is 5.64. The van der Waals surface area contributed by atoms with Gasteiger partial charge in [-0.25, -0.2) is 4.79 Å². The summed E-state index contributed by atoms with van der Waals surface area (Å²) in [7, 11) is 0. The highest BCUT2D eigenvalue weighted by Crippen LogP contribution is 2.14. The lowest BCUT2D eigenvalue weighted by molar-refractivity contribution is 0.120. The quantitative estimate of drug-likeness (QED) is 0.543. The molecule has 0 spiro atoms. The molecule has 2 amide bonds. The average molecular weight is 256 g/mol. The Labute approximate surface area is 107 Å². The molecule has 0 bridgehead atoms. The van der Waals surface area contributed by atoms with Crippen LogP contribution in [0.5, 0.6) is 0 Å². The van der Waals surface area contributed by atoms with Crippen molar-refractivity contribution in [3.05, 3.63) is 0 Å². The second-order valence-corrected chi connectivity index (χ2v) is 5.28. The van der Waals surface area contributed by atoms with Gasteiger partial charge in [-0.2, -0.15) is 0 Å². The molecule has 17 heavy (non-hydrogen) atoms. The van der Waals surface area contributed by atoms with E-state index in [1.54, 1.807) is 0 Å². The predicted molar refractivity (Wildman–Crippen MR) is 71.0 cm³/mol. The zero-order valence-electron chi connectivity index (χ0n) is 10.0. The van der Waals surface area contributed by atoms with Crippen LogP contribution in [0.25, 0.3) is 0 Å². The Hall–Kier alpha value is -0.880. The Morgan fingerprint density at radius 1 is 1.47 bits per heavy atom. The van der Waals surface area contributed by atoms with Crippen LogP contribution in [0.15, 0.2) is 0 Å². The van der Waals surface area contributed by atoms with Gasteiger partial charge >= 0.3 is 6.03 Å². The van der Waals surface area contributed by atoms with Gasteiger partial charge in [-0.15, -0.1) is 0 Å². The van der Waals surface area contributed by atoms with Crippen LogP contribution in [0, 0.1) is 0 Å². The molecule has 1 atom stereocenters. The molecule has 2 aliphatic rings. The van der Waals surface area contributed by atoms with Gasteiger partial charge in [0.1, 0.15) is 0 Å². The molecule has 2 rings (SSSR count). The summed E-state index contributed by atoms with van der Waals surface area (Å²) in [5, 5.41) is 2.89. The lowest BCUT2D eigenvalue weighted by Gasteiger charge is -2.36. The highest BCUT2D eigenvalue weighted by atomic mass is 32.1. The van der Waals surface area contributed by atoms with E-state index in [1.807, 2.05) is 4.90 Å². The van der Waals surface area contributed by atoms with Gasteiger partial charge in [0.15, 0.2) is 0 Å². The highest BCUT2D eigenvalue weighted by Gasteiger charge is 2.34. The van der Waals surface area contributed by atoms with Crippen LogP contribution >= 0.6 is 12.2 Å². The minimum Gasteiger partial charge on any atom is -0.393 e. The molecule has 5 nitrogen and oxygen atoms in total. The molecule has 96 valence electrons. The van der Waals surface area contributed by atoms with Gasteiger partial charge in [-0.05, 0) is 25.8 Å². The van der Waals surface area contributed by atoms with E-state index in [0.717, 1.165) is 52.0 Å². The van der Waals surface area contributed by atoms with Gasteiger partial charge in [0.05, 0.1) is 11.0 Å². The summed E-state index contributed by atoms with van der Waals surface area (Å²) in [4.78, 5) is 16.4. The summed E-state index contributed by atoms with van der Waals surface area (Å²) in [6, 6.07) is 0.468. The first kappa shape index (κ1) is 12.6. The van der Waals surface area contributed by atoms with Crippen LogP contribution in [0.1, 0.15) is 19.3 Å². The molecule has 0 radical (unpaired) electrons. The minimum absolute atomic E-state index is 0.100. The van der Waals surface area contributed by atoms with Crippen LogP contribution in [-0.2, 0) is 0 Å². The topological polar surface area (TPSA) is 61.6 Å². The number of piperazine rings is 1. The summed E-state index contributed by atoms with van der Waals surface area (Å²) in [6.45, 7) is 4.71. The predicted octanol–water partition coefficient (Wildman–Crippen LogP) is 0.152. The zero-order valence-corrected chi connectivity index (χ0v) is 10.8. The third-order valence-corrected chi connectivity index (χ3v) is 3.67. The number of fused-ring (bicyclic) bond motifs is 1. The summed E-state index contributed by atoms with van der Waals surface area (Å²) < 4.78 is 0. The molecule has 0 aliphatic carbocycles. The number of nitrogens with one attached hydrogen (secondary N) is 1. The summed E-state index contributed by atoms with van der Waals surface area (Å²) in [5.74, 6) is 0. The first-order valence-corrected chi connectivity index (χ1v) is 6.63. The molecule has 3 N–H and O–H groups in total. The van der Waals surface area contributed by atoms with Crippen molar-refractivity contribution in [3.63, 3.8) is 0 Å². The van der Waals surface area contributed by atoms with Crippen LogP contribution in [0.2, 0.25) is 0 Å². The van der Waals surface area contributed by atoms with E-state index in [2.05, 4.69) is 10.2 Å². The summed E-state index contributed by atoms with van der Waals surface area (Å²) >= 11 is 4.85. The van der Waals surface area contributed by atoms with Crippen molar-refractivity contribution < 1.29 is 4.79 Å². The maximum Gasteiger partial charge on any atom is 0.317 e. The van der Waals surface area contributed by atoms with Crippen molar-refractivity contribution in [1.82, 2.24) is 15.1 Å². The number of amides is 2. The van der Waals surface area contributed by atoms with Crippen molar-refractivity contribution in [1.29, 1.82) is 0 Å². The molecule has 1 unspecified atom stereocenters. The lowest BCUT2D eigenvalue weighted by atomic mass is 10.1. The molecule has 2 saturated heterocycles. The molecule has 2 heterocycles. The van der Waals surface area contributed by atoms with Crippen molar-refractivity contribution in [2.45, 2.75) is 25.3 Å². The molecule has 2 aliphatic heterocycles. The van der Waals surface area contributed by atoms with Gasteiger partial charge < -0.3 is 16.0 Å². The van der Waals surface area contributed by atoms with Crippen molar-refractivity contribution in [2.24, 2.45) is 5.73 Å². The van der Waals surface area contributed by atoms with E-state index in [-0.39, 0.29) is 6.03 Å². The molecule has 0 saturated carbocycles. The van der Waals surface area contributed by atoms with Crippen molar-refractivity contribution in [3.8, 4) is 0 Å². The average Bonchev–Trinajstić information content (AvgIpc) is 2.66. The number of urea groups is 1. The smallest absolute Gasteiger partial charge is 0.317 e. The molecule has 6 heteroatoms. The highest BCUT2D eigenvalue weighted by molar-refractivity contribution is 7.80. The SMILES string of the molecule is NC(=S)CCCCN1CCN2C(=O)NCC2C1. The fourth-order valence-electron chi connectivity index (χ4n) is 2.51. The number of carbonyl (C=O) groups is 1. The third kappa shape index (κ3) is 3.29. The first-order valence-electron chi connectivity index (χ1n) is 6.22. The number of hydrogen-bond acceptors (Lipinski definition) is 3. The third-order valence-electron chi connectivity index (χ3n) is 3.46. The standard InChI is InChI=1S/C11H20N4OS/c12-10(17)3-1-2-4-14-5-6-15-9(8-14)7-13-11(15)16/h9H,1-8H2,(H2,12,17)(H,13,16). The molecule has 0 aromatic heterocycles. The van der Waals surface area contributed by atoms with Crippen LogP contribution < -0.4 is 11.1 Å². The number of carbonyl (C=O) groups excluding carboxylic acids is 1. The van der Waals surface area contributed by atoms with Gasteiger partial charge in [0, 0.05) is 26.2 Å². The Kier molecular flexibility index (Phi) is 4.17. The fraction of sp³-hybridized carbons (Fsp3) is 0.818. The second-order valence-electron chi connectivity index (χ2n) is 4.76. The number of unbranched alkanes of at least 4 members (excludes halogenated alkanes) is 1.